The molecule has 0 heterocycles. The summed E-state index contributed by atoms with van der Waals surface area (Å²) in [6.45, 7) is 10.1. The minimum absolute atomic E-state index is 0.0694. The fourth-order valence-corrected chi connectivity index (χ4v) is 1.74. The van der Waals surface area contributed by atoms with Crippen LogP contribution in [0.2, 0.25) is 0 Å². The van der Waals surface area contributed by atoms with Gasteiger partial charge in [0.05, 0.1) is 0 Å². The number of nitrogens with one attached hydrogen (secondary N) is 1. The van der Waals surface area contributed by atoms with Gasteiger partial charge in [0, 0.05) is 0 Å². The molecule has 0 radical (unpaired) electrons. The molecule has 0 aliphatic rings. The van der Waals surface area contributed by atoms with Crippen LogP contribution in [0, 0.1) is 0 Å². The molecular formula is C6H16F2N2O4S2. The molecule has 0 aromatic rings. The lowest BCUT2D eigenvalue weighted by Crippen LogP contribution is -2.23. The molecule has 100 valence electrons. The van der Waals surface area contributed by atoms with Gasteiger partial charge in [-0.1, -0.05) is 32.7 Å². The van der Waals surface area contributed by atoms with Crippen molar-refractivity contribution in [2.45, 2.75) is 20.8 Å². The maximum Gasteiger partial charge on any atom is 0.387 e. The zero-order chi connectivity index (χ0) is 13.4. The molecule has 0 aliphatic heterocycles. The molecule has 1 N–H and O–H groups in total. The van der Waals surface area contributed by atoms with E-state index in [0.29, 0.717) is 0 Å². The van der Waals surface area contributed by atoms with Crippen molar-refractivity contribution >= 4 is 20.8 Å². The summed E-state index contributed by atoms with van der Waals surface area (Å²) in [6, 6.07) is 0. The summed E-state index contributed by atoms with van der Waals surface area (Å²) in [5, 5.41) is 0. The molecule has 0 aliphatic carbocycles. The van der Waals surface area contributed by atoms with Crippen molar-refractivity contribution in [3.05, 3.63) is 0 Å². The van der Waals surface area contributed by atoms with Gasteiger partial charge in [-0.25, -0.2) is 0 Å². The number of hydrogen-bond donors (Lipinski definition) is 1. The molecule has 0 bridgehead atoms. The Labute approximate surface area is 95.3 Å². The first kappa shape index (κ1) is 18.1. The summed E-state index contributed by atoms with van der Waals surface area (Å²) >= 11 is 0. The summed E-state index contributed by atoms with van der Waals surface area (Å²) in [4.78, 5) is 2.38. The van der Waals surface area contributed by atoms with Crippen LogP contribution in [0.15, 0.2) is 0 Å². The molecule has 0 aromatic carbocycles. The van der Waals surface area contributed by atoms with E-state index in [1.807, 2.05) is 0 Å². The Morgan fingerprint density at radius 1 is 0.875 bits per heavy atom. The minimum Gasteiger partial charge on any atom is -0.304 e. The molecule has 10 heteroatoms. The van der Waals surface area contributed by atoms with Crippen LogP contribution < -0.4 is 4.13 Å². The molecule has 0 atom stereocenters. The van der Waals surface area contributed by atoms with Crippen molar-refractivity contribution in [3.63, 3.8) is 0 Å². The summed E-state index contributed by atoms with van der Waals surface area (Å²) in [5.74, 6) is 0. The van der Waals surface area contributed by atoms with Crippen LogP contribution in [0.3, 0.4) is 0 Å². The number of nitrogens with zero attached hydrogens (tertiary/aromatic N) is 1. The Balaban J connectivity index is 0. The Kier molecular flexibility index (Phi) is 8.88. The fraction of sp³-hybridized carbons (Fsp3) is 1.00. The third kappa shape index (κ3) is 16.1. The quantitative estimate of drug-likeness (QED) is 0.736. The van der Waals surface area contributed by atoms with Crippen LogP contribution in [0.4, 0.5) is 7.77 Å². The SMILES string of the molecule is CCN(CC)CC.O=S(=O)(F)NS(=O)(=O)F. The van der Waals surface area contributed by atoms with E-state index in [2.05, 4.69) is 25.7 Å². The van der Waals surface area contributed by atoms with Gasteiger partial charge in [0.25, 0.3) is 0 Å². The fourth-order valence-electron chi connectivity index (χ4n) is 0.790. The molecular weight excluding hydrogens is 266 g/mol. The lowest BCUT2D eigenvalue weighted by atomic mass is 10.5. The first-order valence-electron chi connectivity index (χ1n) is 4.45. The van der Waals surface area contributed by atoms with E-state index in [-0.39, 0.29) is 4.13 Å². The van der Waals surface area contributed by atoms with Gasteiger partial charge in [-0.15, -0.1) is 0 Å². The molecule has 0 aromatic heterocycles. The molecule has 0 fully saturated rings. The van der Waals surface area contributed by atoms with E-state index in [1.165, 1.54) is 19.6 Å². The monoisotopic (exact) mass is 282 g/mol. The maximum atomic E-state index is 11.1. The Hall–Kier alpha value is -0.320. The second kappa shape index (κ2) is 7.87. The highest BCUT2D eigenvalue weighted by Crippen LogP contribution is 1.90. The smallest absolute Gasteiger partial charge is 0.304 e. The Morgan fingerprint density at radius 3 is 1.12 bits per heavy atom. The van der Waals surface area contributed by atoms with E-state index in [4.69, 9.17) is 0 Å². The van der Waals surface area contributed by atoms with Crippen LogP contribution in [0.25, 0.3) is 0 Å². The third-order valence-corrected chi connectivity index (χ3v) is 3.13. The molecule has 0 saturated heterocycles. The van der Waals surface area contributed by atoms with E-state index in [1.54, 1.807) is 0 Å². The van der Waals surface area contributed by atoms with Gasteiger partial charge in [0.1, 0.15) is 0 Å². The normalized spacial score (nSPS) is 12.1. The van der Waals surface area contributed by atoms with Crippen LogP contribution in [-0.2, 0) is 20.8 Å². The summed E-state index contributed by atoms with van der Waals surface area (Å²) in [5.41, 5.74) is 0. The van der Waals surface area contributed by atoms with Crippen LogP contribution in [0.1, 0.15) is 20.8 Å². The van der Waals surface area contributed by atoms with Gasteiger partial charge in [-0.05, 0) is 19.6 Å². The molecule has 16 heavy (non-hydrogen) atoms. The summed E-state index contributed by atoms with van der Waals surface area (Å²) < 4.78 is 59.3. The maximum absolute atomic E-state index is 11.1. The highest BCUT2D eigenvalue weighted by Gasteiger charge is 2.17. The molecule has 0 saturated carbocycles. The van der Waals surface area contributed by atoms with Crippen LogP contribution in [0.5, 0.6) is 0 Å². The minimum atomic E-state index is -5.49. The first-order valence-corrected chi connectivity index (χ1v) is 7.22. The zero-order valence-electron chi connectivity index (χ0n) is 9.27. The van der Waals surface area contributed by atoms with Gasteiger partial charge in [0.15, 0.2) is 0 Å². The number of rotatable bonds is 5. The molecule has 6 nitrogen and oxygen atoms in total. The largest absolute Gasteiger partial charge is 0.387 e. The summed E-state index contributed by atoms with van der Waals surface area (Å²) in [6.07, 6.45) is 0. The Bertz CT molecular complexity index is 328. The average Bonchev–Trinajstić information content (AvgIpc) is 2.01. The van der Waals surface area contributed by atoms with Crippen molar-refractivity contribution in [1.82, 2.24) is 9.03 Å². The van der Waals surface area contributed by atoms with Crippen LogP contribution >= 0.6 is 0 Å². The van der Waals surface area contributed by atoms with Gasteiger partial charge < -0.3 is 4.90 Å². The third-order valence-electron chi connectivity index (χ3n) is 1.54. The molecule has 0 spiro atoms. The second-order valence-electron chi connectivity index (χ2n) is 2.58. The van der Waals surface area contributed by atoms with Crippen molar-refractivity contribution in [2.24, 2.45) is 0 Å². The van der Waals surface area contributed by atoms with E-state index in [0.717, 1.165) is 0 Å². The lowest BCUT2D eigenvalue weighted by molar-refractivity contribution is 0.321. The predicted octanol–water partition coefficient (Wildman–Crippen LogP) is 0.353. The van der Waals surface area contributed by atoms with Gasteiger partial charge in [0.2, 0.25) is 0 Å². The highest BCUT2D eigenvalue weighted by molar-refractivity contribution is 7.99. The lowest BCUT2D eigenvalue weighted by Gasteiger charge is -2.13. The topological polar surface area (TPSA) is 83.6 Å². The van der Waals surface area contributed by atoms with Gasteiger partial charge >= 0.3 is 20.8 Å². The standard InChI is InChI=1S/C6H15N.F2HNO4S2/c1-4-7(5-2)6-3;1-8(4,5)3-9(2,6)7/h4-6H2,1-3H3;3H. The van der Waals surface area contributed by atoms with E-state index < -0.39 is 20.8 Å². The van der Waals surface area contributed by atoms with Crippen molar-refractivity contribution < 1.29 is 24.6 Å². The molecule has 0 unspecified atom stereocenters. The van der Waals surface area contributed by atoms with E-state index >= 15 is 0 Å². The highest BCUT2D eigenvalue weighted by atomic mass is 32.3. The molecule has 0 amide bonds. The first-order chi connectivity index (χ1) is 7.05. The van der Waals surface area contributed by atoms with Crippen LogP contribution in [-0.4, -0.2) is 41.4 Å². The number of halogens is 2. The Morgan fingerprint density at radius 2 is 1.12 bits per heavy atom. The number of hydrogen-bond acceptors (Lipinski definition) is 5. The predicted molar refractivity (Wildman–Crippen MR) is 56.7 cm³/mol. The molecule has 0 rings (SSSR count). The van der Waals surface area contributed by atoms with Gasteiger partial charge in [-0.2, -0.15) is 16.8 Å². The zero-order valence-corrected chi connectivity index (χ0v) is 10.9. The van der Waals surface area contributed by atoms with E-state index in [9.17, 15) is 24.6 Å². The van der Waals surface area contributed by atoms with Gasteiger partial charge in [-0.3, -0.25) is 0 Å². The van der Waals surface area contributed by atoms with Crippen molar-refractivity contribution in [1.29, 1.82) is 0 Å². The van der Waals surface area contributed by atoms with Crippen molar-refractivity contribution in [2.75, 3.05) is 19.6 Å². The van der Waals surface area contributed by atoms with Crippen molar-refractivity contribution in [3.8, 4) is 0 Å². The summed E-state index contributed by atoms with van der Waals surface area (Å²) in [7, 11) is -11.0. The average molecular weight is 282 g/mol. The second-order valence-corrected chi connectivity index (χ2v) is 5.00.